The molecule has 0 heterocycles. The number of rotatable bonds is 6. The van der Waals surface area contributed by atoms with Crippen LogP contribution in [0.15, 0.2) is 18.2 Å². The van der Waals surface area contributed by atoms with Gasteiger partial charge in [-0.05, 0) is 24.6 Å². The maximum atomic E-state index is 13.5. The number of aliphatic hydroxyl groups excluding tert-OH is 1. The summed E-state index contributed by atoms with van der Waals surface area (Å²) in [6.07, 6.45) is 0.343. The van der Waals surface area contributed by atoms with Crippen LogP contribution in [-0.4, -0.2) is 37.4 Å². The van der Waals surface area contributed by atoms with Gasteiger partial charge in [-0.1, -0.05) is 0 Å². The summed E-state index contributed by atoms with van der Waals surface area (Å²) in [5.74, 6) is -1.23. The van der Waals surface area contributed by atoms with E-state index in [1.54, 1.807) is 0 Å². The Hall–Kier alpha value is -1.66. The zero-order valence-electron chi connectivity index (χ0n) is 10.1. The van der Waals surface area contributed by atoms with Crippen LogP contribution in [-0.2, 0) is 4.74 Å². The number of amides is 1. The highest BCUT2D eigenvalue weighted by atomic mass is 19.1. The summed E-state index contributed by atoms with van der Waals surface area (Å²) in [5.41, 5.74) is 5.58. The van der Waals surface area contributed by atoms with Crippen LogP contribution in [0, 0.1) is 5.82 Å². The first-order valence-electron chi connectivity index (χ1n) is 5.54. The van der Waals surface area contributed by atoms with Crippen molar-refractivity contribution in [1.82, 2.24) is 5.32 Å². The van der Waals surface area contributed by atoms with Gasteiger partial charge in [0.15, 0.2) is 0 Å². The summed E-state index contributed by atoms with van der Waals surface area (Å²) in [6.45, 7) is 0.168. The van der Waals surface area contributed by atoms with E-state index in [0.717, 1.165) is 6.07 Å². The number of aliphatic hydroxyl groups is 1. The lowest BCUT2D eigenvalue weighted by molar-refractivity contribution is 0.0875. The molecule has 0 aromatic heterocycles. The van der Waals surface area contributed by atoms with Crippen LogP contribution in [0.5, 0.6) is 0 Å². The van der Waals surface area contributed by atoms with Crippen molar-refractivity contribution in [2.45, 2.75) is 12.5 Å². The van der Waals surface area contributed by atoms with Crippen molar-refractivity contribution < 1.29 is 19.0 Å². The molecule has 1 atom stereocenters. The highest BCUT2D eigenvalue weighted by Crippen LogP contribution is 2.12. The quantitative estimate of drug-likeness (QED) is 0.648. The molecule has 0 aliphatic heterocycles. The number of halogens is 1. The van der Waals surface area contributed by atoms with Gasteiger partial charge >= 0.3 is 0 Å². The van der Waals surface area contributed by atoms with Gasteiger partial charge in [0, 0.05) is 19.4 Å². The third-order valence-electron chi connectivity index (χ3n) is 2.42. The lowest BCUT2D eigenvalue weighted by atomic mass is 10.1. The molecule has 1 aromatic carbocycles. The van der Waals surface area contributed by atoms with Crippen molar-refractivity contribution in [3.8, 4) is 0 Å². The number of anilines is 1. The van der Waals surface area contributed by atoms with Gasteiger partial charge in [-0.15, -0.1) is 0 Å². The second-order valence-electron chi connectivity index (χ2n) is 3.88. The van der Waals surface area contributed by atoms with Gasteiger partial charge in [0.05, 0.1) is 18.2 Å². The van der Waals surface area contributed by atoms with E-state index in [1.807, 2.05) is 0 Å². The fourth-order valence-electron chi connectivity index (χ4n) is 1.53. The average molecular weight is 256 g/mol. The van der Waals surface area contributed by atoms with Crippen molar-refractivity contribution in [1.29, 1.82) is 0 Å². The Kier molecular flexibility index (Phi) is 5.54. The number of nitrogen functional groups attached to an aromatic ring is 1. The van der Waals surface area contributed by atoms with E-state index in [9.17, 15) is 9.18 Å². The van der Waals surface area contributed by atoms with Crippen LogP contribution in [0.3, 0.4) is 0 Å². The van der Waals surface area contributed by atoms with E-state index in [4.69, 9.17) is 15.6 Å². The molecule has 1 rings (SSSR count). The number of nitrogens with one attached hydrogen (secondary N) is 1. The van der Waals surface area contributed by atoms with Gasteiger partial charge in [-0.3, -0.25) is 4.79 Å². The van der Waals surface area contributed by atoms with Crippen molar-refractivity contribution in [2.24, 2.45) is 0 Å². The molecular formula is C12H17FN2O3. The Morgan fingerprint density at radius 1 is 1.61 bits per heavy atom. The number of nitrogens with two attached hydrogens (primary N) is 1. The molecule has 0 bridgehead atoms. The van der Waals surface area contributed by atoms with E-state index < -0.39 is 11.7 Å². The summed E-state index contributed by atoms with van der Waals surface area (Å²) < 4.78 is 18.4. The minimum atomic E-state index is -0.673. The van der Waals surface area contributed by atoms with Gasteiger partial charge in [0.1, 0.15) is 5.82 Å². The molecule has 0 saturated heterocycles. The molecular weight excluding hydrogens is 239 g/mol. The van der Waals surface area contributed by atoms with E-state index in [2.05, 4.69) is 5.32 Å². The highest BCUT2D eigenvalue weighted by molar-refractivity contribution is 5.95. The number of benzene rings is 1. The third-order valence-corrected chi connectivity index (χ3v) is 2.42. The molecule has 0 aliphatic carbocycles. The van der Waals surface area contributed by atoms with E-state index >= 15 is 0 Å². The maximum absolute atomic E-state index is 13.5. The Morgan fingerprint density at radius 3 is 2.89 bits per heavy atom. The minimum Gasteiger partial charge on any atom is -0.399 e. The van der Waals surface area contributed by atoms with Crippen molar-refractivity contribution >= 4 is 11.6 Å². The average Bonchev–Trinajstić information content (AvgIpc) is 2.29. The second-order valence-corrected chi connectivity index (χ2v) is 3.88. The summed E-state index contributed by atoms with van der Waals surface area (Å²) >= 11 is 0. The Morgan fingerprint density at radius 2 is 2.33 bits per heavy atom. The molecule has 1 amide bonds. The number of carbonyl (C=O) groups excluding carboxylic acids is 1. The Labute approximate surface area is 105 Å². The van der Waals surface area contributed by atoms with Gasteiger partial charge < -0.3 is 20.9 Å². The van der Waals surface area contributed by atoms with E-state index in [1.165, 1.54) is 19.2 Å². The van der Waals surface area contributed by atoms with Crippen LogP contribution >= 0.6 is 0 Å². The largest absolute Gasteiger partial charge is 0.399 e. The van der Waals surface area contributed by atoms with Gasteiger partial charge in [-0.2, -0.15) is 0 Å². The first-order chi connectivity index (χ1) is 8.58. The Balaban J connectivity index is 2.73. The molecule has 5 nitrogen and oxygen atoms in total. The number of ether oxygens (including phenoxy) is 1. The summed E-state index contributed by atoms with van der Waals surface area (Å²) in [5, 5.41) is 11.4. The molecule has 1 aromatic rings. The highest BCUT2D eigenvalue weighted by Gasteiger charge is 2.16. The monoisotopic (exact) mass is 256 g/mol. The normalized spacial score (nSPS) is 12.2. The van der Waals surface area contributed by atoms with Crippen LogP contribution in [0.4, 0.5) is 10.1 Å². The minimum absolute atomic E-state index is 0.0803. The number of methoxy groups -OCH3 is 1. The number of hydrogen-bond acceptors (Lipinski definition) is 4. The fourth-order valence-corrected chi connectivity index (χ4v) is 1.53. The number of carbonyl (C=O) groups is 1. The first-order valence-corrected chi connectivity index (χ1v) is 5.54. The number of hydrogen-bond donors (Lipinski definition) is 3. The third kappa shape index (κ3) is 3.97. The lowest BCUT2D eigenvalue weighted by Crippen LogP contribution is -2.39. The standard InChI is InChI=1S/C12H17FN2O3/c1-18-7-9(4-5-16)15-12(17)10-3-2-8(14)6-11(10)13/h2-3,6,9,16H,4-5,7,14H2,1H3,(H,15,17). The molecule has 0 aliphatic rings. The molecule has 0 spiro atoms. The van der Waals surface area contributed by atoms with Gasteiger partial charge in [0.25, 0.3) is 5.91 Å². The van der Waals surface area contributed by atoms with Crippen LogP contribution in [0.2, 0.25) is 0 Å². The Bertz CT molecular complexity index is 406. The zero-order chi connectivity index (χ0) is 13.5. The van der Waals surface area contributed by atoms with Crippen molar-refractivity contribution in [3.05, 3.63) is 29.6 Å². The zero-order valence-corrected chi connectivity index (χ0v) is 10.1. The van der Waals surface area contributed by atoms with Gasteiger partial charge in [0.2, 0.25) is 0 Å². The molecule has 4 N–H and O–H groups in total. The van der Waals surface area contributed by atoms with Crippen LogP contribution < -0.4 is 11.1 Å². The smallest absolute Gasteiger partial charge is 0.254 e. The molecule has 6 heteroatoms. The molecule has 1 unspecified atom stereocenters. The molecule has 0 fully saturated rings. The van der Waals surface area contributed by atoms with E-state index in [0.29, 0.717) is 6.42 Å². The SMILES string of the molecule is COCC(CCO)NC(=O)c1ccc(N)cc1F. The topological polar surface area (TPSA) is 84.6 Å². The first kappa shape index (κ1) is 14.4. The van der Waals surface area contributed by atoms with Crippen LogP contribution in [0.25, 0.3) is 0 Å². The molecule has 100 valence electrons. The molecule has 0 radical (unpaired) electrons. The molecule has 18 heavy (non-hydrogen) atoms. The summed E-state index contributed by atoms with van der Waals surface area (Å²) in [6, 6.07) is 3.51. The lowest BCUT2D eigenvalue weighted by Gasteiger charge is -2.17. The molecule has 0 saturated carbocycles. The maximum Gasteiger partial charge on any atom is 0.254 e. The predicted octanol–water partition coefficient (Wildman–Crippen LogP) is 0.535. The van der Waals surface area contributed by atoms with E-state index in [-0.39, 0.29) is 30.5 Å². The second kappa shape index (κ2) is 6.93. The fraction of sp³-hybridized carbons (Fsp3) is 0.417. The summed E-state index contributed by atoms with van der Waals surface area (Å²) in [7, 11) is 1.49. The predicted molar refractivity (Wildman–Crippen MR) is 65.6 cm³/mol. The summed E-state index contributed by atoms with van der Waals surface area (Å²) in [4.78, 5) is 11.8. The van der Waals surface area contributed by atoms with Crippen molar-refractivity contribution in [2.75, 3.05) is 26.1 Å². The van der Waals surface area contributed by atoms with Crippen molar-refractivity contribution in [3.63, 3.8) is 0 Å². The van der Waals surface area contributed by atoms with Gasteiger partial charge in [-0.25, -0.2) is 4.39 Å². The van der Waals surface area contributed by atoms with Crippen LogP contribution in [0.1, 0.15) is 16.8 Å².